The number of rotatable bonds is 3. The fourth-order valence-electron chi connectivity index (χ4n) is 2.68. The molecule has 1 fully saturated rings. The minimum Gasteiger partial charge on any atom is -0.335 e. The summed E-state index contributed by atoms with van der Waals surface area (Å²) >= 11 is 0. The zero-order valence-corrected chi connectivity index (χ0v) is 11.5. The number of non-ortho nitro benzene ring substituents is 1. The van der Waals surface area contributed by atoms with Crippen LogP contribution in [0.3, 0.4) is 0 Å². The summed E-state index contributed by atoms with van der Waals surface area (Å²) in [6.07, 6.45) is 1.77. The number of nitro groups is 1. The summed E-state index contributed by atoms with van der Waals surface area (Å²) in [6, 6.07) is 3.14. The lowest BCUT2D eigenvalue weighted by molar-refractivity contribution is -0.384. The molecule has 20 heavy (non-hydrogen) atoms. The monoisotopic (exact) mass is 280 g/mol. The molecule has 0 aliphatic carbocycles. The Balaban J connectivity index is 2.33. The van der Waals surface area contributed by atoms with Gasteiger partial charge in [0.25, 0.3) is 11.6 Å². The lowest BCUT2D eigenvalue weighted by Gasteiger charge is -2.27. The Morgan fingerprint density at radius 2 is 2.20 bits per heavy atom. The van der Waals surface area contributed by atoms with Crippen LogP contribution in [0.2, 0.25) is 0 Å². The summed E-state index contributed by atoms with van der Waals surface area (Å²) in [6.45, 7) is 4.60. The van der Waals surface area contributed by atoms with E-state index >= 15 is 0 Å². The van der Waals surface area contributed by atoms with Crippen LogP contribution in [0.15, 0.2) is 18.2 Å². The van der Waals surface area contributed by atoms with E-state index in [4.69, 9.17) is 0 Å². The fraction of sp³-hybridized carbons (Fsp3) is 0.500. The maximum Gasteiger partial charge on any atom is 0.270 e. The van der Waals surface area contributed by atoms with Gasteiger partial charge in [0, 0.05) is 24.7 Å². The first kappa shape index (κ1) is 14.4. The Hall–Kier alpha value is -1.98. The van der Waals surface area contributed by atoms with E-state index in [9.17, 15) is 19.3 Å². The van der Waals surface area contributed by atoms with Crippen LogP contribution in [-0.4, -0.2) is 28.3 Å². The SMILES string of the molecule is CC(C)C1CCCN1C(=O)c1cc([N+](=O)[O-])ccc1F. The maximum absolute atomic E-state index is 13.8. The van der Waals surface area contributed by atoms with Gasteiger partial charge < -0.3 is 4.90 Å². The van der Waals surface area contributed by atoms with Crippen molar-refractivity contribution >= 4 is 11.6 Å². The molecule has 5 nitrogen and oxygen atoms in total. The molecule has 2 rings (SSSR count). The van der Waals surface area contributed by atoms with Gasteiger partial charge in [0.15, 0.2) is 0 Å². The molecule has 0 bridgehead atoms. The molecule has 0 N–H and O–H groups in total. The fourth-order valence-corrected chi connectivity index (χ4v) is 2.68. The van der Waals surface area contributed by atoms with Crippen LogP contribution in [0.4, 0.5) is 10.1 Å². The minimum absolute atomic E-state index is 0.0705. The Morgan fingerprint density at radius 3 is 2.80 bits per heavy atom. The van der Waals surface area contributed by atoms with Gasteiger partial charge in [-0.25, -0.2) is 4.39 Å². The van der Waals surface area contributed by atoms with Gasteiger partial charge in [-0.1, -0.05) is 13.8 Å². The van der Waals surface area contributed by atoms with E-state index in [1.54, 1.807) is 4.90 Å². The van der Waals surface area contributed by atoms with Crippen LogP contribution < -0.4 is 0 Å². The molecule has 1 aliphatic rings. The zero-order valence-electron chi connectivity index (χ0n) is 11.5. The maximum atomic E-state index is 13.8. The van der Waals surface area contributed by atoms with Crippen molar-refractivity contribution in [2.45, 2.75) is 32.7 Å². The molecule has 1 saturated heterocycles. The average molecular weight is 280 g/mol. The van der Waals surface area contributed by atoms with Crippen LogP contribution in [-0.2, 0) is 0 Å². The third-order valence-electron chi connectivity index (χ3n) is 3.72. The molecule has 1 heterocycles. The number of nitrogens with zero attached hydrogens (tertiary/aromatic N) is 2. The molecule has 0 spiro atoms. The standard InChI is InChI=1S/C14H17FN2O3/c1-9(2)13-4-3-7-16(13)14(18)11-8-10(17(19)20)5-6-12(11)15/h5-6,8-9,13H,3-4,7H2,1-2H3. The van der Waals surface area contributed by atoms with Gasteiger partial charge >= 0.3 is 0 Å². The second-order valence-corrected chi connectivity index (χ2v) is 5.37. The summed E-state index contributed by atoms with van der Waals surface area (Å²) < 4.78 is 13.8. The molecule has 0 aromatic heterocycles. The van der Waals surface area contributed by atoms with E-state index in [1.165, 1.54) is 0 Å². The van der Waals surface area contributed by atoms with E-state index in [-0.39, 0.29) is 23.2 Å². The Bertz CT molecular complexity index is 545. The number of benzene rings is 1. The summed E-state index contributed by atoms with van der Waals surface area (Å²) in [7, 11) is 0. The van der Waals surface area contributed by atoms with Crippen molar-refractivity contribution in [3.05, 3.63) is 39.7 Å². The molecule has 6 heteroatoms. The van der Waals surface area contributed by atoms with Crippen molar-refractivity contribution in [2.24, 2.45) is 5.92 Å². The molecule has 1 aromatic carbocycles. The first-order valence-electron chi connectivity index (χ1n) is 6.66. The van der Waals surface area contributed by atoms with Crippen LogP contribution in [0.5, 0.6) is 0 Å². The van der Waals surface area contributed by atoms with Crippen molar-refractivity contribution in [1.82, 2.24) is 4.90 Å². The van der Waals surface area contributed by atoms with Crippen molar-refractivity contribution in [3.63, 3.8) is 0 Å². The number of carbonyl (C=O) groups is 1. The predicted octanol–water partition coefficient (Wildman–Crippen LogP) is 2.99. The first-order valence-corrected chi connectivity index (χ1v) is 6.66. The van der Waals surface area contributed by atoms with E-state index < -0.39 is 16.6 Å². The highest BCUT2D eigenvalue weighted by atomic mass is 19.1. The summed E-state index contributed by atoms with van der Waals surface area (Å²) in [4.78, 5) is 24.2. The lowest BCUT2D eigenvalue weighted by atomic mass is 10.0. The summed E-state index contributed by atoms with van der Waals surface area (Å²) in [5.41, 5.74) is -0.484. The van der Waals surface area contributed by atoms with Crippen molar-refractivity contribution in [3.8, 4) is 0 Å². The number of nitro benzene ring substituents is 1. The highest BCUT2D eigenvalue weighted by molar-refractivity contribution is 5.95. The van der Waals surface area contributed by atoms with Gasteiger partial charge in [-0.3, -0.25) is 14.9 Å². The van der Waals surface area contributed by atoms with Crippen molar-refractivity contribution in [1.29, 1.82) is 0 Å². The normalized spacial score (nSPS) is 18.6. The van der Waals surface area contributed by atoms with E-state index in [0.717, 1.165) is 31.0 Å². The molecule has 108 valence electrons. The van der Waals surface area contributed by atoms with Crippen LogP contribution in [0.1, 0.15) is 37.0 Å². The third-order valence-corrected chi connectivity index (χ3v) is 3.72. The molecule has 1 amide bonds. The van der Waals surface area contributed by atoms with Gasteiger partial charge in [-0.2, -0.15) is 0 Å². The minimum atomic E-state index is -0.713. The lowest BCUT2D eigenvalue weighted by Crippen LogP contribution is -2.38. The molecule has 0 radical (unpaired) electrons. The number of hydrogen-bond acceptors (Lipinski definition) is 3. The average Bonchev–Trinajstić information content (AvgIpc) is 2.87. The van der Waals surface area contributed by atoms with Crippen molar-refractivity contribution in [2.75, 3.05) is 6.54 Å². The number of likely N-dealkylation sites (tertiary alicyclic amines) is 1. The Morgan fingerprint density at radius 1 is 1.50 bits per heavy atom. The molecular weight excluding hydrogens is 263 g/mol. The highest BCUT2D eigenvalue weighted by Crippen LogP contribution is 2.27. The Kier molecular flexibility index (Phi) is 4.01. The van der Waals surface area contributed by atoms with Gasteiger partial charge in [0.05, 0.1) is 10.5 Å². The van der Waals surface area contributed by atoms with E-state index in [1.807, 2.05) is 13.8 Å². The first-order chi connectivity index (χ1) is 9.41. The number of halogens is 1. The van der Waals surface area contributed by atoms with Gasteiger partial charge in [-0.15, -0.1) is 0 Å². The molecule has 1 aromatic rings. The van der Waals surface area contributed by atoms with Crippen LogP contribution in [0, 0.1) is 21.8 Å². The van der Waals surface area contributed by atoms with E-state index in [2.05, 4.69) is 0 Å². The summed E-state index contributed by atoms with van der Waals surface area (Å²) in [5, 5.41) is 10.7. The largest absolute Gasteiger partial charge is 0.335 e. The van der Waals surface area contributed by atoms with E-state index in [0.29, 0.717) is 6.54 Å². The smallest absolute Gasteiger partial charge is 0.270 e. The van der Waals surface area contributed by atoms with Gasteiger partial charge in [0.2, 0.25) is 0 Å². The van der Waals surface area contributed by atoms with Crippen molar-refractivity contribution < 1.29 is 14.1 Å². The van der Waals surface area contributed by atoms with Crippen LogP contribution in [0.25, 0.3) is 0 Å². The second-order valence-electron chi connectivity index (χ2n) is 5.37. The molecule has 1 atom stereocenters. The molecule has 0 saturated carbocycles. The topological polar surface area (TPSA) is 63.5 Å². The molecule has 1 unspecified atom stereocenters. The quantitative estimate of drug-likeness (QED) is 0.631. The number of hydrogen-bond donors (Lipinski definition) is 0. The number of amides is 1. The van der Waals surface area contributed by atoms with Gasteiger partial charge in [0.1, 0.15) is 5.82 Å². The second kappa shape index (κ2) is 5.56. The third kappa shape index (κ3) is 2.64. The Labute approximate surface area is 116 Å². The van der Waals surface area contributed by atoms with Gasteiger partial charge in [-0.05, 0) is 24.8 Å². The highest BCUT2D eigenvalue weighted by Gasteiger charge is 2.33. The zero-order chi connectivity index (χ0) is 14.9. The van der Waals surface area contributed by atoms with Crippen LogP contribution >= 0.6 is 0 Å². The summed E-state index contributed by atoms with van der Waals surface area (Å²) in [5.74, 6) is -0.888. The molecular formula is C14H17FN2O3. The predicted molar refractivity (Wildman–Crippen MR) is 72.0 cm³/mol. The number of carbonyl (C=O) groups excluding carboxylic acids is 1. The molecule has 1 aliphatic heterocycles.